The summed E-state index contributed by atoms with van der Waals surface area (Å²) in [7, 11) is 3.03. The largest absolute Gasteiger partial charge is 0.493 e. The monoisotopic (exact) mass is 721 g/mol. The molecule has 3 N–H and O–H groups in total. The van der Waals surface area contributed by atoms with E-state index < -0.39 is 17.1 Å². The third kappa shape index (κ3) is 8.93. The van der Waals surface area contributed by atoms with Crippen molar-refractivity contribution >= 4 is 62.9 Å². The Labute approximate surface area is 291 Å². The molecule has 0 saturated carbocycles. The molecule has 242 valence electrons. The topological polar surface area (TPSA) is 106 Å². The Balaban J connectivity index is 1.36. The molecule has 0 fully saturated rings. The van der Waals surface area contributed by atoms with Crippen LogP contribution in [-0.2, 0) is 9.59 Å². The van der Waals surface area contributed by atoms with Crippen LogP contribution in [0.15, 0.2) is 142 Å². The average Bonchev–Trinajstić information content (AvgIpc) is 3.12. The Kier molecular flexibility index (Phi) is 11.7. The first-order valence-corrected chi connectivity index (χ1v) is 16.5. The van der Waals surface area contributed by atoms with Crippen LogP contribution >= 0.6 is 27.7 Å². The van der Waals surface area contributed by atoms with Crippen LogP contribution in [0.2, 0.25) is 0 Å². The second-order valence-electron chi connectivity index (χ2n) is 10.3. The number of amides is 3. The molecule has 0 spiro atoms. The third-order valence-electron chi connectivity index (χ3n) is 7.08. The van der Waals surface area contributed by atoms with Gasteiger partial charge in [0.15, 0.2) is 11.5 Å². The van der Waals surface area contributed by atoms with Gasteiger partial charge in [0.1, 0.15) is 10.9 Å². The number of methoxy groups -OCH3 is 2. The molecule has 0 aliphatic carbocycles. The second-order valence-corrected chi connectivity index (χ2v) is 12.4. The molecule has 5 aromatic carbocycles. The van der Waals surface area contributed by atoms with Gasteiger partial charge in [-0.2, -0.15) is 0 Å². The van der Waals surface area contributed by atoms with Crippen molar-refractivity contribution in [3.63, 3.8) is 0 Å². The minimum Gasteiger partial charge on any atom is -0.493 e. The molecule has 0 bridgehead atoms. The number of carbonyl (C=O) groups excluding carboxylic acids is 3. The average molecular weight is 723 g/mol. The number of rotatable bonds is 12. The highest BCUT2D eigenvalue weighted by Gasteiger charge is 2.23. The lowest BCUT2D eigenvalue weighted by Crippen LogP contribution is -2.30. The molecular weight excluding hydrogens is 690 g/mol. The number of thioether (sulfide) groups is 1. The number of hydrogen-bond acceptors (Lipinski definition) is 6. The summed E-state index contributed by atoms with van der Waals surface area (Å²) in [5.74, 6) is -0.257. The maximum atomic E-state index is 13.6. The van der Waals surface area contributed by atoms with Crippen molar-refractivity contribution in [1.29, 1.82) is 0 Å². The van der Waals surface area contributed by atoms with Crippen LogP contribution in [-0.4, -0.2) is 31.9 Å². The van der Waals surface area contributed by atoms with Crippen LogP contribution in [0.5, 0.6) is 11.5 Å². The Morgan fingerprint density at radius 1 is 0.708 bits per heavy atom. The number of para-hydroxylation sites is 1. The first-order valence-electron chi connectivity index (χ1n) is 14.8. The molecule has 0 aromatic heterocycles. The first-order chi connectivity index (χ1) is 23.3. The van der Waals surface area contributed by atoms with Crippen LogP contribution in [0.1, 0.15) is 26.7 Å². The van der Waals surface area contributed by atoms with Crippen molar-refractivity contribution < 1.29 is 23.9 Å². The number of carbonyl (C=O) groups is 3. The number of nitrogens with one attached hydrogen (secondary N) is 3. The van der Waals surface area contributed by atoms with E-state index in [9.17, 15) is 14.4 Å². The van der Waals surface area contributed by atoms with Gasteiger partial charge in [0.05, 0.1) is 14.2 Å². The molecule has 5 aromatic rings. The lowest BCUT2D eigenvalue weighted by Gasteiger charge is -2.18. The predicted octanol–water partition coefficient (Wildman–Crippen LogP) is 8.35. The zero-order valence-corrected chi connectivity index (χ0v) is 28.5. The molecule has 0 heterocycles. The lowest BCUT2D eigenvalue weighted by atomic mass is 10.1. The molecule has 5 rings (SSSR count). The molecule has 0 radical (unpaired) electrons. The van der Waals surface area contributed by atoms with Crippen molar-refractivity contribution in [3.8, 4) is 11.5 Å². The van der Waals surface area contributed by atoms with Crippen molar-refractivity contribution in [2.45, 2.75) is 10.1 Å². The molecule has 1 atom stereocenters. The summed E-state index contributed by atoms with van der Waals surface area (Å²) >= 11 is 4.81. The van der Waals surface area contributed by atoms with E-state index in [1.807, 2.05) is 66.7 Å². The number of halogens is 1. The number of ether oxygens (including phenoxy) is 2. The summed E-state index contributed by atoms with van der Waals surface area (Å²) < 4.78 is 11.9. The molecule has 0 aliphatic heterocycles. The molecule has 8 nitrogen and oxygen atoms in total. The standard InChI is InChI=1S/C38H32BrN3O5S/c1-46-33-15-9-14-27(34(33)47-2)24-32(42-36(43)26-12-7-4-8-13-26)37(44)40-30-20-22-31(23-21-30)48-35(25-10-5-3-6-11-25)38(45)41-29-18-16-28(39)17-19-29/h3-24,35H,1-2H3,(H,40,44)(H,41,45)(H,42,43)/b32-24-. The van der Waals surface area contributed by atoms with E-state index in [0.717, 1.165) is 14.9 Å². The predicted molar refractivity (Wildman–Crippen MR) is 194 cm³/mol. The Morgan fingerprint density at radius 2 is 1.33 bits per heavy atom. The zero-order chi connectivity index (χ0) is 33.9. The van der Waals surface area contributed by atoms with Crippen molar-refractivity contribution in [3.05, 3.63) is 154 Å². The van der Waals surface area contributed by atoms with E-state index in [4.69, 9.17) is 9.47 Å². The van der Waals surface area contributed by atoms with Gasteiger partial charge in [0, 0.05) is 31.9 Å². The Bertz CT molecular complexity index is 1900. The molecule has 1 unspecified atom stereocenters. The molecule has 0 saturated heterocycles. The highest BCUT2D eigenvalue weighted by molar-refractivity contribution is 9.10. The Hall–Kier alpha value is -5.32. The van der Waals surface area contributed by atoms with E-state index in [-0.39, 0.29) is 11.6 Å². The summed E-state index contributed by atoms with van der Waals surface area (Å²) in [6.07, 6.45) is 1.54. The van der Waals surface area contributed by atoms with E-state index in [2.05, 4.69) is 31.9 Å². The first kappa shape index (κ1) is 34.0. The quantitative estimate of drug-likeness (QED) is 0.0884. The van der Waals surface area contributed by atoms with E-state index in [1.165, 1.54) is 32.1 Å². The van der Waals surface area contributed by atoms with Gasteiger partial charge in [-0.25, -0.2) is 0 Å². The summed E-state index contributed by atoms with van der Waals surface area (Å²) in [4.78, 5) is 41.0. The van der Waals surface area contributed by atoms with E-state index >= 15 is 0 Å². The van der Waals surface area contributed by atoms with Gasteiger partial charge in [-0.3, -0.25) is 14.4 Å². The highest BCUT2D eigenvalue weighted by Crippen LogP contribution is 2.37. The number of hydrogen-bond donors (Lipinski definition) is 3. The molecule has 48 heavy (non-hydrogen) atoms. The third-order valence-corrected chi connectivity index (χ3v) is 8.88. The summed E-state index contributed by atoms with van der Waals surface area (Å²) in [6.45, 7) is 0. The normalized spacial score (nSPS) is 11.6. The maximum Gasteiger partial charge on any atom is 0.272 e. The Morgan fingerprint density at radius 3 is 1.98 bits per heavy atom. The minimum absolute atomic E-state index is 0.00242. The van der Waals surface area contributed by atoms with Crippen LogP contribution in [0, 0.1) is 0 Å². The van der Waals surface area contributed by atoms with Gasteiger partial charge in [-0.1, -0.05) is 76.6 Å². The molecular formula is C38H32BrN3O5S. The van der Waals surface area contributed by atoms with Crippen LogP contribution in [0.25, 0.3) is 6.08 Å². The molecule has 3 amide bonds. The lowest BCUT2D eigenvalue weighted by molar-refractivity contribution is -0.116. The number of benzene rings is 5. The summed E-state index contributed by atoms with van der Waals surface area (Å²) in [5.41, 5.74) is 2.98. The fourth-order valence-electron chi connectivity index (χ4n) is 4.72. The van der Waals surface area contributed by atoms with Gasteiger partial charge in [-0.05, 0) is 78.4 Å². The van der Waals surface area contributed by atoms with Gasteiger partial charge in [0.2, 0.25) is 5.91 Å². The smallest absolute Gasteiger partial charge is 0.272 e. The van der Waals surface area contributed by atoms with E-state index in [1.54, 1.807) is 60.7 Å². The second kappa shape index (κ2) is 16.5. The van der Waals surface area contributed by atoms with Crippen molar-refractivity contribution in [1.82, 2.24) is 5.32 Å². The summed E-state index contributed by atoms with van der Waals surface area (Å²) in [6, 6.07) is 38.0. The van der Waals surface area contributed by atoms with Crippen LogP contribution in [0.3, 0.4) is 0 Å². The van der Waals surface area contributed by atoms with Gasteiger partial charge < -0.3 is 25.4 Å². The van der Waals surface area contributed by atoms with Crippen molar-refractivity contribution in [2.75, 3.05) is 24.9 Å². The number of anilines is 2. The van der Waals surface area contributed by atoms with Gasteiger partial charge in [0.25, 0.3) is 11.8 Å². The molecule has 10 heteroatoms. The fourth-order valence-corrected chi connectivity index (χ4v) is 6.01. The van der Waals surface area contributed by atoms with Crippen molar-refractivity contribution in [2.24, 2.45) is 0 Å². The zero-order valence-electron chi connectivity index (χ0n) is 26.1. The van der Waals surface area contributed by atoms with Crippen LogP contribution in [0.4, 0.5) is 11.4 Å². The minimum atomic E-state index is -0.541. The van der Waals surface area contributed by atoms with E-state index in [0.29, 0.717) is 34.0 Å². The maximum absolute atomic E-state index is 13.6. The van der Waals surface area contributed by atoms with Crippen LogP contribution < -0.4 is 25.4 Å². The highest BCUT2D eigenvalue weighted by atomic mass is 79.9. The SMILES string of the molecule is COc1cccc(/C=C(\NC(=O)c2ccccc2)C(=O)Nc2ccc(SC(C(=O)Nc3ccc(Br)cc3)c3ccccc3)cc2)c1OC. The fraction of sp³-hybridized carbons (Fsp3) is 0.0789. The summed E-state index contributed by atoms with van der Waals surface area (Å²) in [5, 5.41) is 8.09. The van der Waals surface area contributed by atoms with Gasteiger partial charge >= 0.3 is 0 Å². The van der Waals surface area contributed by atoms with Gasteiger partial charge in [-0.15, -0.1) is 11.8 Å². The molecule has 0 aliphatic rings.